The number of hydrogen-bond donors (Lipinski definition) is 1. The average molecular weight is 386 g/mol. The SMILES string of the molecule is CC(C)(F)Oc1cccc(OCCNCc2cccc(-c3ccsc3)c2)c1. The number of hydrogen-bond acceptors (Lipinski definition) is 4. The quantitative estimate of drug-likeness (QED) is 0.482. The van der Waals surface area contributed by atoms with Crippen LogP contribution in [0.5, 0.6) is 11.5 Å². The van der Waals surface area contributed by atoms with Gasteiger partial charge in [-0.2, -0.15) is 15.7 Å². The third kappa shape index (κ3) is 6.38. The lowest BCUT2D eigenvalue weighted by Gasteiger charge is -2.17. The molecule has 0 aliphatic heterocycles. The summed E-state index contributed by atoms with van der Waals surface area (Å²) in [6, 6.07) is 17.7. The van der Waals surface area contributed by atoms with Gasteiger partial charge in [-0.15, -0.1) is 0 Å². The summed E-state index contributed by atoms with van der Waals surface area (Å²) < 4.78 is 24.5. The van der Waals surface area contributed by atoms with Gasteiger partial charge in [-0.05, 0) is 51.7 Å². The Balaban J connectivity index is 1.43. The van der Waals surface area contributed by atoms with E-state index >= 15 is 0 Å². The second-order valence-electron chi connectivity index (χ2n) is 6.68. The van der Waals surface area contributed by atoms with Crippen LogP contribution in [0.4, 0.5) is 4.39 Å². The van der Waals surface area contributed by atoms with Crippen molar-refractivity contribution in [2.45, 2.75) is 26.2 Å². The molecule has 1 aromatic heterocycles. The zero-order chi connectivity index (χ0) is 19.1. The summed E-state index contributed by atoms with van der Waals surface area (Å²) >= 11 is 1.70. The Bertz CT molecular complexity index is 844. The van der Waals surface area contributed by atoms with E-state index in [4.69, 9.17) is 9.47 Å². The van der Waals surface area contributed by atoms with Crippen molar-refractivity contribution >= 4 is 11.3 Å². The van der Waals surface area contributed by atoms with E-state index in [-0.39, 0.29) is 0 Å². The van der Waals surface area contributed by atoms with E-state index in [0.29, 0.717) is 24.7 Å². The van der Waals surface area contributed by atoms with Crippen molar-refractivity contribution in [3.05, 3.63) is 70.9 Å². The second kappa shape index (κ2) is 9.02. The number of alkyl halides is 1. The molecule has 0 atom stereocenters. The Morgan fingerprint density at radius 1 is 1.00 bits per heavy atom. The topological polar surface area (TPSA) is 30.5 Å². The van der Waals surface area contributed by atoms with Crippen LogP contribution in [0.15, 0.2) is 65.4 Å². The van der Waals surface area contributed by atoms with Crippen LogP contribution in [0.1, 0.15) is 19.4 Å². The molecule has 0 radical (unpaired) electrons. The van der Waals surface area contributed by atoms with Crippen molar-refractivity contribution in [2.24, 2.45) is 0 Å². The van der Waals surface area contributed by atoms with Crippen molar-refractivity contribution in [1.82, 2.24) is 5.32 Å². The van der Waals surface area contributed by atoms with Crippen LogP contribution in [0, 0.1) is 0 Å². The Morgan fingerprint density at radius 3 is 2.59 bits per heavy atom. The zero-order valence-electron chi connectivity index (χ0n) is 15.6. The van der Waals surface area contributed by atoms with Crippen molar-refractivity contribution in [1.29, 1.82) is 0 Å². The molecule has 3 rings (SSSR count). The van der Waals surface area contributed by atoms with Gasteiger partial charge in [-0.3, -0.25) is 0 Å². The fourth-order valence-corrected chi connectivity index (χ4v) is 3.34. The van der Waals surface area contributed by atoms with Crippen molar-refractivity contribution in [2.75, 3.05) is 13.2 Å². The molecule has 27 heavy (non-hydrogen) atoms. The van der Waals surface area contributed by atoms with E-state index in [2.05, 4.69) is 46.4 Å². The van der Waals surface area contributed by atoms with Crippen LogP contribution in [-0.2, 0) is 6.54 Å². The number of nitrogens with one attached hydrogen (secondary N) is 1. The van der Waals surface area contributed by atoms with Crippen LogP contribution in [0.25, 0.3) is 11.1 Å². The van der Waals surface area contributed by atoms with Gasteiger partial charge in [0.25, 0.3) is 0 Å². The van der Waals surface area contributed by atoms with Gasteiger partial charge in [0, 0.05) is 33.0 Å². The summed E-state index contributed by atoms with van der Waals surface area (Å²) in [5.74, 6) is -0.589. The maximum atomic E-state index is 13.6. The summed E-state index contributed by atoms with van der Waals surface area (Å²) in [5, 5.41) is 7.63. The Hall–Kier alpha value is -2.37. The lowest BCUT2D eigenvalue weighted by atomic mass is 10.1. The van der Waals surface area contributed by atoms with Gasteiger partial charge in [0.05, 0.1) is 0 Å². The fourth-order valence-electron chi connectivity index (χ4n) is 2.67. The first kappa shape index (κ1) is 19.4. The molecule has 0 saturated carbocycles. The Morgan fingerprint density at radius 2 is 1.81 bits per heavy atom. The van der Waals surface area contributed by atoms with Crippen molar-refractivity contribution in [3.63, 3.8) is 0 Å². The summed E-state index contributed by atoms with van der Waals surface area (Å²) in [6.07, 6.45) is 0. The predicted octanol–water partition coefficient (Wildman–Crippen LogP) is 5.67. The van der Waals surface area contributed by atoms with Gasteiger partial charge in [-0.25, -0.2) is 0 Å². The predicted molar refractivity (Wildman–Crippen MR) is 109 cm³/mol. The third-order valence-electron chi connectivity index (χ3n) is 3.82. The highest BCUT2D eigenvalue weighted by molar-refractivity contribution is 7.08. The molecule has 0 spiro atoms. The van der Waals surface area contributed by atoms with Gasteiger partial charge in [0.1, 0.15) is 18.1 Å². The second-order valence-corrected chi connectivity index (χ2v) is 7.46. The molecule has 1 N–H and O–H groups in total. The van der Waals surface area contributed by atoms with E-state index in [0.717, 1.165) is 6.54 Å². The summed E-state index contributed by atoms with van der Waals surface area (Å²) in [4.78, 5) is 0. The monoisotopic (exact) mass is 385 g/mol. The van der Waals surface area contributed by atoms with Crippen LogP contribution >= 0.6 is 11.3 Å². The molecule has 5 heteroatoms. The summed E-state index contributed by atoms with van der Waals surface area (Å²) in [5.41, 5.74) is 3.72. The Labute approximate surface area is 163 Å². The summed E-state index contributed by atoms with van der Waals surface area (Å²) in [6.45, 7) is 4.76. The first-order chi connectivity index (χ1) is 13.0. The number of halogens is 1. The smallest absolute Gasteiger partial charge is 0.242 e. The molecule has 3 aromatic rings. The molecular formula is C22H24FNO2S. The van der Waals surface area contributed by atoms with E-state index in [1.54, 1.807) is 29.5 Å². The normalized spacial score (nSPS) is 11.4. The maximum Gasteiger partial charge on any atom is 0.242 e. The first-order valence-corrected chi connectivity index (χ1v) is 9.87. The van der Waals surface area contributed by atoms with Crippen LogP contribution in [0.3, 0.4) is 0 Å². The number of thiophene rings is 1. The lowest BCUT2D eigenvalue weighted by Crippen LogP contribution is -2.21. The van der Waals surface area contributed by atoms with Gasteiger partial charge < -0.3 is 14.8 Å². The minimum Gasteiger partial charge on any atom is -0.492 e. The summed E-state index contributed by atoms with van der Waals surface area (Å²) in [7, 11) is 0. The fraction of sp³-hybridized carbons (Fsp3) is 0.273. The molecule has 0 unspecified atom stereocenters. The standard InChI is InChI=1S/C22H24FNO2S/c1-22(2,23)26-21-8-4-7-20(14-21)25-11-10-24-15-17-5-3-6-18(13-17)19-9-12-27-16-19/h3-9,12-14,16,24H,10-11,15H2,1-2H3. The van der Waals surface area contributed by atoms with Gasteiger partial charge in [0.2, 0.25) is 5.85 Å². The molecule has 0 aliphatic carbocycles. The van der Waals surface area contributed by atoms with Crippen LogP contribution in [0.2, 0.25) is 0 Å². The third-order valence-corrected chi connectivity index (χ3v) is 4.51. The van der Waals surface area contributed by atoms with Crippen LogP contribution < -0.4 is 14.8 Å². The molecule has 0 bridgehead atoms. The molecular weight excluding hydrogens is 361 g/mol. The molecule has 0 aliphatic rings. The van der Waals surface area contributed by atoms with E-state index in [9.17, 15) is 4.39 Å². The molecule has 1 heterocycles. The lowest BCUT2D eigenvalue weighted by molar-refractivity contribution is -0.0258. The largest absolute Gasteiger partial charge is 0.492 e. The van der Waals surface area contributed by atoms with E-state index in [1.807, 2.05) is 6.07 Å². The van der Waals surface area contributed by atoms with Gasteiger partial charge in [0.15, 0.2) is 0 Å². The average Bonchev–Trinajstić information content (AvgIpc) is 3.15. The van der Waals surface area contributed by atoms with Gasteiger partial charge in [-0.1, -0.05) is 24.3 Å². The number of rotatable bonds is 9. The molecule has 2 aromatic carbocycles. The highest BCUT2D eigenvalue weighted by Gasteiger charge is 2.17. The molecule has 0 fully saturated rings. The van der Waals surface area contributed by atoms with Crippen molar-refractivity contribution in [3.8, 4) is 22.6 Å². The molecule has 0 saturated heterocycles. The van der Waals surface area contributed by atoms with Gasteiger partial charge >= 0.3 is 0 Å². The highest BCUT2D eigenvalue weighted by Crippen LogP contribution is 2.24. The van der Waals surface area contributed by atoms with E-state index < -0.39 is 5.85 Å². The van der Waals surface area contributed by atoms with Crippen LogP contribution in [-0.4, -0.2) is 19.0 Å². The molecule has 3 nitrogen and oxygen atoms in total. The van der Waals surface area contributed by atoms with E-state index in [1.165, 1.54) is 30.5 Å². The first-order valence-electron chi connectivity index (χ1n) is 8.93. The van der Waals surface area contributed by atoms with Crippen molar-refractivity contribution < 1.29 is 13.9 Å². The Kier molecular flexibility index (Phi) is 6.48. The molecule has 0 amide bonds. The highest BCUT2D eigenvalue weighted by atomic mass is 32.1. The minimum atomic E-state index is -1.71. The number of ether oxygens (including phenoxy) is 2. The number of benzene rings is 2. The maximum absolute atomic E-state index is 13.6. The molecule has 142 valence electrons. The minimum absolute atomic E-state index is 0.457. The zero-order valence-corrected chi connectivity index (χ0v) is 16.4.